The fourth-order valence-corrected chi connectivity index (χ4v) is 2.11. The van der Waals surface area contributed by atoms with Gasteiger partial charge in [-0.2, -0.15) is 0 Å². The first-order valence-corrected chi connectivity index (χ1v) is 7.98. The molecule has 2 amide bonds. The maximum Gasteiger partial charge on any atom is 0.279 e. The van der Waals surface area contributed by atoms with Gasteiger partial charge < -0.3 is 4.74 Å². The lowest BCUT2D eigenvalue weighted by molar-refractivity contribution is -0.384. The van der Waals surface area contributed by atoms with Crippen molar-refractivity contribution in [3.8, 4) is 5.75 Å². The highest BCUT2D eigenvalue weighted by atomic mass is 16.6. The minimum atomic E-state index is -0.769. The molecule has 0 radical (unpaired) electrons. The summed E-state index contributed by atoms with van der Waals surface area (Å²) in [4.78, 5) is 34.2. The van der Waals surface area contributed by atoms with Crippen LogP contribution in [0.5, 0.6) is 5.75 Å². The van der Waals surface area contributed by atoms with Gasteiger partial charge in [0.1, 0.15) is 5.75 Å². The average Bonchev–Trinajstić information content (AvgIpc) is 2.65. The van der Waals surface area contributed by atoms with Gasteiger partial charge >= 0.3 is 0 Å². The van der Waals surface area contributed by atoms with Crippen LogP contribution in [0.4, 0.5) is 5.69 Å². The number of aryl methyl sites for hydroxylation is 1. The number of rotatable bonds is 6. The van der Waals surface area contributed by atoms with Crippen LogP contribution in [-0.2, 0) is 4.79 Å². The molecule has 8 heteroatoms. The quantitative estimate of drug-likeness (QED) is 0.610. The Bertz CT molecular complexity index is 787. The third kappa shape index (κ3) is 5.04. The molecule has 0 aliphatic heterocycles. The minimum absolute atomic E-state index is 0.122. The molecule has 1 atom stereocenters. The summed E-state index contributed by atoms with van der Waals surface area (Å²) in [5.74, 6) is -0.527. The van der Waals surface area contributed by atoms with Crippen molar-refractivity contribution in [1.29, 1.82) is 0 Å². The molecule has 2 aromatic carbocycles. The predicted octanol–water partition coefficient (Wildman–Crippen LogP) is 2.52. The first-order chi connectivity index (χ1) is 12.4. The van der Waals surface area contributed by atoms with Gasteiger partial charge in [-0.15, -0.1) is 0 Å². The molecule has 0 aliphatic rings. The van der Waals surface area contributed by atoms with Gasteiger partial charge in [-0.05, 0) is 37.6 Å². The molecular weight excluding hydrogens is 338 g/mol. The number of hydrogen-bond donors (Lipinski definition) is 2. The van der Waals surface area contributed by atoms with E-state index in [4.69, 9.17) is 4.74 Å². The fraction of sp³-hybridized carbons (Fsp3) is 0.222. The van der Waals surface area contributed by atoms with E-state index >= 15 is 0 Å². The van der Waals surface area contributed by atoms with Crippen LogP contribution < -0.4 is 15.6 Å². The van der Waals surface area contributed by atoms with Gasteiger partial charge in [-0.25, -0.2) is 0 Å². The molecular formula is C18H19N3O5. The summed E-state index contributed by atoms with van der Waals surface area (Å²) < 4.78 is 5.62. The highest BCUT2D eigenvalue weighted by Crippen LogP contribution is 2.15. The Balaban J connectivity index is 1.91. The van der Waals surface area contributed by atoms with E-state index in [1.165, 1.54) is 24.3 Å². The van der Waals surface area contributed by atoms with E-state index < -0.39 is 22.8 Å². The molecule has 0 spiro atoms. The number of nitro benzene ring substituents is 1. The number of hydrogen-bond acceptors (Lipinski definition) is 5. The van der Waals surface area contributed by atoms with Crippen LogP contribution in [0.25, 0.3) is 0 Å². The second-order valence-corrected chi connectivity index (χ2v) is 5.58. The van der Waals surface area contributed by atoms with Crippen molar-refractivity contribution in [3.05, 3.63) is 69.8 Å². The van der Waals surface area contributed by atoms with Crippen LogP contribution in [0.15, 0.2) is 48.5 Å². The second kappa shape index (κ2) is 8.61. The minimum Gasteiger partial charge on any atom is -0.481 e. The van der Waals surface area contributed by atoms with E-state index in [1.54, 1.807) is 19.1 Å². The Kier molecular flexibility index (Phi) is 6.26. The van der Waals surface area contributed by atoms with E-state index in [1.807, 2.05) is 19.1 Å². The van der Waals surface area contributed by atoms with Crippen LogP contribution in [0.2, 0.25) is 0 Å². The van der Waals surface area contributed by atoms with Crippen molar-refractivity contribution in [2.75, 3.05) is 0 Å². The molecule has 0 saturated carbocycles. The topological polar surface area (TPSA) is 111 Å². The summed E-state index contributed by atoms with van der Waals surface area (Å²) >= 11 is 0. The highest BCUT2D eigenvalue weighted by molar-refractivity contribution is 5.95. The summed E-state index contributed by atoms with van der Waals surface area (Å²) in [6.07, 6.45) is -0.359. The van der Waals surface area contributed by atoms with Crippen LogP contribution in [0.1, 0.15) is 29.3 Å². The molecule has 0 saturated heterocycles. The molecule has 0 fully saturated rings. The zero-order valence-corrected chi connectivity index (χ0v) is 14.4. The Morgan fingerprint density at radius 3 is 2.23 bits per heavy atom. The van der Waals surface area contributed by atoms with Crippen molar-refractivity contribution in [2.45, 2.75) is 26.4 Å². The monoisotopic (exact) mass is 357 g/mol. The van der Waals surface area contributed by atoms with Crippen LogP contribution in [0, 0.1) is 17.0 Å². The highest BCUT2D eigenvalue weighted by Gasteiger charge is 2.19. The maximum atomic E-state index is 12.2. The Morgan fingerprint density at radius 2 is 1.69 bits per heavy atom. The second-order valence-electron chi connectivity index (χ2n) is 5.58. The van der Waals surface area contributed by atoms with Crippen LogP contribution in [-0.4, -0.2) is 22.8 Å². The molecule has 2 N–H and O–H groups in total. The van der Waals surface area contributed by atoms with Crippen molar-refractivity contribution < 1.29 is 19.2 Å². The Labute approximate surface area is 150 Å². The predicted molar refractivity (Wildman–Crippen MR) is 94.6 cm³/mol. The summed E-state index contributed by atoms with van der Waals surface area (Å²) in [6.45, 7) is 3.73. The lowest BCUT2D eigenvalue weighted by Gasteiger charge is -2.17. The molecule has 8 nitrogen and oxygen atoms in total. The molecule has 136 valence electrons. The van der Waals surface area contributed by atoms with Gasteiger partial charge in [0.2, 0.25) is 0 Å². The van der Waals surface area contributed by atoms with E-state index in [-0.39, 0.29) is 11.3 Å². The zero-order chi connectivity index (χ0) is 19.1. The first-order valence-electron chi connectivity index (χ1n) is 7.98. The van der Waals surface area contributed by atoms with Crippen LogP contribution >= 0.6 is 0 Å². The van der Waals surface area contributed by atoms with E-state index in [0.717, 1.165) is 5.56 Å². The molecule has 0 heterocycles. The van der Waals surface area contributed by atoms with Gasteiger partial charge in [-0.3, -0.25) is 30.6 Å². The summed E-state index contributed by atoms with van der Waals surface area (Å²) in [5.41, 5.74) is 5.71. The number of nitrogens with zero attached hydrogens (tertiary/aromatic N) is 1. The number of ether oxygens (including phenoxy) is 1. The smallest absolute Gasteiger partial charge is 0.279 e. The summed E-state index contributed by atoms with van der Waals surface area (Å²) in [6, 6.07) is 12.3. The number of hydrazine groups is 1. The number of nitro groups is 1. The number of nitrogens with one attached hydrogen (secondary N) is 2. The van der Waals surface area contributed by atoms with Crippen molar-refractivity contribution in [3.63, 3.8) is 0 Å². The van der Waals surface area contributed by atoms with Gasteiger partial charge in [0, 0.05) is 17.7 Å². The fourth-order valence-electron chi connectivity index (χ4n) is 2.11. The SMILES string of the molecule is CC[C@H](Oc1ccc(C)cc1)C(=O)NNC(=O)c1ccc([N+](=O)[O-])cc1. The molecule has 0 aromatic heterocycles. The number of carbonyl (C=O) groups excluding carboxylic acids is 2. The van der Waals surface area contributed by atoms with Crippen molar-refractivity contribution in [2.24, 2.45) is 0 Å². The summed E-state index contributed by atoms with van der Waals surface area (Å²) in [7, 11) is 0. The number of benzene rings is 2. The lowest BCUT2D eigenvalue weighted by atomic mass is 10.2. The first kappa shape index (κ1) is 18.9. The van der Waals surface area contributed by atoms with Crippen LogP contribution in [0.3, 0.4) is 0 Å². The third-order valence-corrected chi connectivity index (χ3v) is 3.60. The number of amides is 2. The van der Waals surface area contributed by atoms with Gasteiger partial charge in [0.05, 0.1) is 4.92 Å². The molecule has 2 aromatic rings. The number of non-ortho nitro benzene ring substituents is 1. The zero-order valence-electron chi connectivity index (χ0n) is 14.4. The summed E-state index contributed by atoms with van der Waals surface area (Å²) in [5, 5.41) is 10.6. The average molecular weight is 357 g/mol. The van der Waals surface area contributed by atoms with Crippen molar-refractivity contribution >= 4 is 17.5 Å². The third-order valence-electron chi connectivity index (χ3n) is 3.60. The van der Waals surface area contributed by atoms with Gasteiger partial charge in [0.15, 0.2) is 6.10 Å². The normalized spacial score (nSPS) is 11.3. The maximum absolute atomic E-state index is 12.2. The Morgan fingerprint density at radius 1 is 1.08 bits per heavy atom. The van der Waals surface area contributed by atoms with E-state index in [9.17, 15) is 19.7 Å². The van der Waals surface area contributed by atoms with Gasteiger partial charge in [-0.1, -0.05) is 24.6 Å². The Hall–Kier alpha value is -3.42. The lowest BCUT2D eigenvalue weighted by Crippen LogP contribution is -2.47. The number of carbonyl (C=O) groups is 2. The largest absolute Gasteiger partial charge is 0.481 e. The molecule has 0 bridgehead atoms. The molecule has 26 heavy (non-hydrogen) atoms. The van der Waals surface area contributed by atoms with Gasteiger partial charge in [0.25, 0.3) is 17.5 Å². The van der Waals surface area contributed by atoms with Crippen molar-refractivity contribution in [1.82, 2.24) is 10.9 Å². The van der Waals surface area contributed by atoms with E-state index in [2.05, 4.69) is 10.9 Å². The molecule has 0 unspecified atom stereocenters. The van der Waals surface area contributed by atoms with E-state index in [0.29, 0.717) is 12.2 Å². The molecule has 0 aliphatic carbocycles. The standard InChI is InChI=1S/C18H19N3O5/c1-3-16(26-15-10-4-12(2)5-11-15)18(23)20-19-17(22)13-6-8-14(9-7-13)21(24)25/h4-11,16H,3H2,1-2H3,(H,19,22)(H,20,23)/t16-/m0/s1. The molecule has 2 rings (SSSR count).